The molecule has 0 spiro atoms. The number of benzene rings is 1. The van der Waals surface area contributed by atoms with E-state index in [1.165, 1.54) is 6.42 Å². The summed E-state index contributed by atoms with van der Waals surface area (Å²) in [6.07, 6.45) is 1.27. The number of nitrogens with one attached hydrogen (secondary N) is 1. The number of hydrogen-bond donors (Lipinski definition) is 2. The van der Waals surface area contributed by atoms with Crippen LogP contribution in [0.4, 0.5) is 11.7 Å². The molecule has 2 aromatic rings. The van der Waals surface area contributed by atoms with E-state index < -0.39 is 0 Å². The summed E-state index contributed by atoms with van der Waals surface area (Å²) in [6, 6.07) is 6.15. The quantitative estimate of drug-likeness (QED) is 0.797. The van der Waals surface area contributed by atoms with Crippen LogP contribution in [-0.2, 0) is 0 Å². The van der Waals surface area contributed by atoms with Crippen LogP contribution in [0.3, 0.4) is 0 Å². The first-order valence-electron chi connectivity index (χ1n) is 5.95. The Morgan fingerprint density at radius 2 is 2.29 bits per heavy atom. The Balaban J connectivity index is 1.76. The summed E-state index contributed by atoms with van der Waals surface area (Å²) in [5, 5.41) is 3.25. The smallest absolute Gasteiger partial charge is 0.295 e. The highest BCUT2D eigenvalue weighted by Gasteiger charge is 2.45. The van der Waals surface area contributed by atoms with Gasteiger partial charge in [0.25, 0.3) is 6.01 Å². The molecule has 1 unspecified atom stereocenters. The zero-order chi connectivity index (χ0) is 12.0. The van der Waals surface area contributed by atoms with E-state index in [2.05, 4.69) is 24.1 Å². The molecule has 1 aliphatic rings. The minimum Gasteiger partial charge on any atom is -0.423 e. The maximum absolute atomic E-state index is 5.83. The number of aromatic nitrogens is 1. The normalized spacial score (nSPS) is 21.6. The van der Waals surface area contributed by atoms with Crippen molar-refractivity contribution in [3.63, 3.8) is 0 Å². The second-order valence-corrected chi connectivity index (χ2v) is 5.48. The molecule has 90 valence electrons. The number of nitrogens with two attached hydrogens (primary N) is 1. The lowest BCUT2D eigenvalue weighted by Gasteiger charge is -2.02. The second-order valence-electron chi connectivity index (χ2n) is 5.48. The van der Waals surface area contributed by atoms with Crippen molar-refractivity contribution in [2.24, 2.45) is 11.3 Å². The fourth-order valence-electron chi connectivity index (χ4n) is 2.18. The van der Waals surface area contributed by atoms with Crippen LogP contribution in [0.2, 0.25) is 0 Å². The molecule has 1 aromatic heterocycles. The lowest BCUT2D eigenvalue weighted by atomic mass is 10.1. The molecule has 1 saturated carbocycles. The number of para-hydroxylation sites is 1. The molecule has 1 aliphatic carbocycles. The monoisotopic (exact) mass is 231 g/mol. The van der Waals surface area contributed by atoms with Gasteiger partial charge in [0, 0.05) is 6.54 Å². The van der Waals surface area contributed by atoms with Gasteiger partial charge >= 0.3 is 0 Å². The number of nitrogen functional groups attached to an aromatic ring is 1. The molecule has 3 rings (SSSR count). The highest BCUT2D eigenvalue weighted by atomic mass is 16.4. The number of nitrogens with zero attached hydrogens (tertiary/aromatic N) is 1. The molecule has 17 heavy (non-hydrogen) atoms. The van der Waals surface area contributed by atoms with E-state index in [0.717, 1.165) is 23.6 Å². The molecule has 0 aliphatic heterocycles. The van der Waals surface area contributed by atoms with Gasteiger partial charge in [-0.15, -0.1) is 0 Å². The molecule has 0 radical (unpaired) electrons. The van der Waals surface area contributed by atoms with E-state index in [1.54, 1.807) is 0 Å². The number of fused-ring (bicyclic) bond motifs is 1. The van der Waals surface area contributed by atoms with Crippen molar-refractivity contribution in [1.29, 1.82) is 0 Å². The first kappa shape index (κ1) is 10.4. The highest BCUT2D eigenvalue weighted by molar-refractivity contribution is 5.86. The van der Waals surface area contributed by atoms with Crippen molar-refractivity contribution >= 4 is 22.8 Å². The predicted octanol–water partition coefficient (Wildman–Crippen LogP) is 2.87. The van der Waals surface area contributed by atoms with Gasteiger partial charge in [-0.3, -0.25) is 0 Å². The van der Waals surface area contributed by atoms with Gasteiger partial charge in [0.2, 0.25) is 0 Å². The molecule has 3 N–H and O–H groups in total. The number of rotatable bonds is 3. The first-order chi connectivity index (χ1) is 8.06. The van der Waals surface area contributed by atoms with E-state index in [4.69, 9.17) is 10.2 Å². The van der Waals surface area contributed by atoms with Crippen molar-refractivity contribution in [2.75, 3.05) is 17.6 Å². The fraction of sp³-hybridized carbons (Fsp3) is 0.462. The summed E-state index contributed by atoms with van der Waals surface area (Å²) in [5.41, 5.74) is 8.44. The summed E-state index contributed by atoms with van der Waals surface area (Å²) in [4.78, 5) is 4.36. The van der Waals surface area contributed by atoms with Crippen molar-refractivity contribution < 1.29 is 4.42 Å². The van der Waals surface area contributed by atoms with Gasteiger partial charge in [0.1, 0.15) is 5.52 Å². The Bertz CT molecular complexity index is 559. The summed E-state index contributed by atoms with van der Waals surface area (Å²) >= 11 is 0. The van der Waals surface area contributed by atoms with Gasteiger partial charge in [0.15, 0.2) is 5.58 Å². The van der Waals surface area contributed by atoms with Crippen molar-refractivity contribution in [1.82, 2.24) is 4.98 Å². The molecular formula is C13H17N3O. The minimum absolute atomic E-state index is 0.470. The fourth-order valence-corrected chi connectivity index (χ4v) is 2.18. The maximum Gasteiger partial charge on any atom is 0.295 e. The third-order valence-electron chi connectivity index (χ3n) is 3.67. The number of oxazole rings is 1. The van der Waals surface area contributed by atoms with Crippen LogP contribution < -0.4 is 11.1 Å². The Kier molecular flexibility index (Phi) is 2.08. The van der Waals surface area contributed by atoms with Crippen LogP contribution in [0.25, 0.3) is 11.1 Å². The van der Waals surface area contributed by atoms with Crippen LogP contribution in [0.5, 0.6) is 0 Å². The zero-order valence-electron chi connectivity index (χ0n) is 10.2. The summed E-state index contributed by atoms with van der Waals surface area (Å²) < 4.78 is 5.59. The first-order valence-corrected chi connectivity index (χ1v) is 5.95. The van der Waals surface area contributed by atoms with E-state index in [0.29, 0.717) is 17.1 Å². The van der Waals surface area contributed by atoms with E-state index in [1.807, 2.05) is 18.2 Å². The van der Waals surface area contributed by atoms with Gasteiger partial charge in [-0.05, 0) is 29.9 Å². The maximum atomic E-state index is 5.83. The third kappa shape index (κ3) is 1.84. The summed E-state index contributed by atoms with van der Waals surface area (Å²) in [7, 11) is 0. The summed E-state index contributed by atoms with van der Waals surface area (Å²) in [5.74, 6) is 0.717. The lowest BCUT2D eigenvalue weighted by molar-refractivity contribution is 0.560. The van der Waals surface area contributed by atoms with Gasteiger partial charge < -0.3 is 15.5 Å². The molecule has 4 nitrogen and oxygen atoms in total. The van der Waals surface area contributed by atoms with Gasteiger partial charge in [-0.1, -0.05) is 19.9 Å². The average molecular weight is 231 g/mol. The minimum atomic E-state index is 0.470. The highest BCUT2D eigenvalue weighted by Crippen LogP contribution is 2.51. The molecule has 1 fully saturated rings. The van der Waals surface area contributed by atoms with Crippen LogP contribution in [0.1, 0.15) is 20.3 Å². The molecule has 4 heteroatoms. The number of hydrogen-bond acceptors (Lipinski definition) is 4. The van der Waals surface area contributed by atoms with Gasteiger partial charge in [-0.2, -0.15) is 4.98 Å². The van der Waals surface area contributed by atoms with Gasteiger partial charge in [-0.25, -0.2) is 0 Å². The summed E-state index contributed by atoms with van der Waals surface area (Å²) in [6.45, 7) is 5.48. The average Bonchev–Trinajstić information content (AvgIpc) is 2.73. The second kappa shape index (κ2) is 3.39. The van der Waals surface area contributed by atoms with E-state index in [-0.39, 0.29) is 0 Å². The molecule has 0 saturated heterocycles. The standard InChI is InChI=1S/C13H17N3O/c1-13(2)6-8(13)7-15-12-16-11-9(14)4-3-5-10(11)17-12/h3-5,8H,6-7,14H2,1-2H3,(H,15,16). The van der Waals surface area contributed by atoms with Gasteiger partial charge in [0.05, 0.1) is 5.69 Å². The molecule has 1 heterocycles. The van der Waals surface area contributed by atoms with Crippen LogP contribution in [-0.4, -0.2) is 11.5 Å². The molecule has 0 bridgehead atoms. The van der Waals surface area contributed by atoms with Crippen molar-refractivity contribution in [2.45, 2.75) is 20.3 Å². The SMILES string of the molecule is CC1(C)CC1CNc1nc2c(N)cccc2o1. The largest absolute Gasteiger partial charge is 0.423 e. The molecule has 1 atom stereocenters. The molecule has 1 aromatic carbocycles. The molecule has 0 amide bonds. The van der Waals surface area contributed by atoms with Crippen LogP contribution in [0, 0.1) is 11.3 Å². The predicted molar refractivity (Wildman–Crippen MR) is 68.8 cm³/mol. The Morgan fingerprint density at radius 1 is 1.53 bits per heavy atom. The Labute approximate surface area is 100 Å². The van der Waals surface area contributed by atoms with E-state index >= 15 is 0 Å². The lowest BCUT2D eigenvalue weighted by Crippen LogP contribution is -2.07. The zero-order valence-corrected chi connectivity index (χ0v) is 10.2. The topological polar surface area (TPSA) is 64.1 Å². The van der Waals surface area contributed by atoms with Crippen molar-refractivity contribution in [3.8, 4) is 0 Å². The molecular weight excluding hydrogens is 214 g/mol. The number of anilines is 2. The van der Waals surface area contributed by atoms with Crippen LogP contribution in [0.15, 0.2) is 22.6 Å². The Morgan fingerprint density at radius 3 is 2.94 bits per heavy atom. The van der Waals surface area contributed by atoms with Crippen molar-refractivity contribution in [3.05, 3.63) is 18.2 Å². The third-order valence-corrected chi connectivity index (χ3v) is 3.67. The Hall–Kier alpha value is -1.71. The van der Waals surface area contributed by atoms with Crippen LogP contribution >= 0.6 is 0 Å². The van der Waals surface area contributed by atoms with E-state index in [9.17, 15) is 0 Å².